The second-order valence-electron chi connectivity index (χ2n) is 12.7. The van der Waals surface area contributed by atoms with Gasteiger partial charge in [0.25, 0.3) is 0 Å². The number of aliphatic carboxylic acids is 1. The van der Waals surface area contributed by atoms with Gasteiger partial charge in [-0.2, -0.15) is 0 Å². The van der Waals surface area contributed by atoms with Crippen LogP contribution in [0.25, 0.3) is 0 Å². The van der Waals surface area contributed by atoms with E-state index in [1.54, 1.807) is 13.8 Å². The maximum atomic E-state index is 13.7. The molecule has 308 valence electrons. The maximum Gasteiger partial charge on any atom is 0.326 e. The first-order valence-electron chi connectivity index (χ1n) is 17.6. The fourth-order valence-electron chi connectivity index (χ4n) is 4.78. The highest BCUT2D eigenvalue weighted by atomic mass is 16.4. The van der Waals surface area contributed by atoms with Gasteiger partial charge in [0, 0.05) is 13.1 Å². The summed E-state index contributed by atoms with van der Waals surface area (Å²) in [6.07, 6.45) is 1.35. The van der Waals surface area contributed by atoms with Gasteiger partial charge in [0.05, 0.1) is 19.7 Å². The van der Waals surface area contributed by atoms with Crippen LogP contribution in [-0.4, -0.2) is 133 Å². The molecule has 0 aliphatic rings. The lowest BCUT2D eigenvalue weighted by atomic mass is 10.0. The minimum absolute atomic E-state index is 0.0282. The largest absolute Gasteiger partial charge is 0.480 e. The highest BCUT2D eigenvalue weighted by molar-refractivity contribution is 5.96. The van der Waals surface area contributed by atoms with Gasteiger partial charge in [-0.15, -0.1) is 0 Å². The van der Waals surface area contributed by atoms with Crippen molar-refractivity contribution in [2.75, 3.05) is 39.3 Å². The summed E-state index contributed by atoms with van der Waals surface area (Å²) in [6, 6.07) is -6.72. The average Bonchev–Trinajstić information content (AvgIpc) is 3.10. The number of amides is 6. The molecule has 54 heavy (non-hydrogen) atoms. The number of carbonyl (C=O) groups excluding carboxylic acids is 6. The van der Waals surface area contributed by atoms with Crippen LogP contribution in [0.1, 0.15) is 65.2 Å². The first-order valence-corrected chi connectivity index (χ1v) is 17.6. The molecule has 0 saturated heterocycles. The molecule has 23 heteroatoms. The Balaban J connectivity index is 6.19. The zero-order valence-electron chi connectivity index (χ0n) is 31.0. The zero-order valence-corrected chi connectivity index (χ0v) is 31.0. The molecule has 0 aliphatic heterocycles. The number of nitrogens with two attached hydrogens (primary N) is 6. The lowest BCUT2D eigenvalue weighted by molar-refractivity contribution is -0.143. The zero-order chi connectivity index (χ0) is 41.2. The summed E-state index contributed by atoms with van der Waals surface area (Å²) in [4.78, 5) is 97.1. The SMILES string of the molecule is CC(C)C[C@H](NC(=O)[C@H](CCCN=C(N)N)NC(=O)[C@H](CCCN=C(N)N)NC(=O)[C@H](CO)NC(=O)[C@H](CCCCN)NC(=O)CNC(=O)CN)C(=O)O. The van der Waals surface area contributed by atoms with E-state index in [0.717, 1.165) is 0 Å². The molecule has 0 spiro atoms. The monoisotopic (exact) mass is 772 g/mol. The number of aliphatic imine (C=N–C) groups is 2. The van der Waals surface area contributed by atoms with Crippen molar-refractivity contribution in [2.45, 2.75) is 95.4 Å². The first kappa shape index (κ1) is 48.7. The van der Waals surface area contributed by atoms with Gasteiger partial charge in [0.1, 0.15) is 30.2 Å². The van der Waals surface area contributed by atoms with Gasteiger partial charge < -0.3 is 76.5 Å². The predicted octanol–water partition coefficient (Wildman–Crippen LogP) is -6.16. The number of hydrogen-bond acceptors (Lipinski definition) is 12. The Hall–Kier alpha value is -5.29. The topological polar surface area (TPSA) is 413 Å². The molecule has 0 rings (SSSR count). The normalized spacial score (nSPS) is 13.5. The number of carboxylic acid groups (broad SMARTS) is 1. The van der Waals surface area contributed by atoms with Crippen LogP contribution in [0, 0.1) is 5.92 Å². The Morgan fingerprint density at radius 2 is 1.02 bits per heavy atom. The lowest BCUT2D eigenvalue weighted by Crippen LogP contribution is -2.59. The van der Waals surface area contributed by atoms with Crippen LogP contribution >= 0.6 is 0 Å². The quantitative estimate of drug-likeness (QED) is 0.0200. The molecule has 0 aromatic heterocycles. The van der Waals surface area contributed by atoms with E-state index in [1.807, 2.05) is 0 Å². The van der Waals surface area contributed by atoms with E-state index in [2.05, 4.69) is 41.9 Å². The molecule has 0 bridgehead atoms. The molecular formula is C31H60N14O9. The van der Waals surface area contributed by atoms with E-state index in [0.29, 0.717) is 19.4 Å². The van der Waals surface area contributed by atoms with Crippen molar-refractivity contribution < 1.29 is 43.8 Å². The molecule has 0 aromatic carbocycles. The Morgan fingerprint density at radius 1 is 0.593 bits per heavy atom. The molecule has 0 saturated carbocycles. The molecule has 5 atom stereocenters. The van der Waals surface area contributed by atoms with Crippen LogP contribution in [-0.2, 0) is 33.6 Å². The summed E-state index contributed by atoms with van der Waals surface area (Å²) in [5.41, 5.74) is 32.3. The van der Waals surface area contributed by atoms with E-state index in [9.17, 15) is 43.8 Å². The molecule has 0 aliphatic carbocycles. The summed E-state index contributed by atoms with van der Waals surface area (Å²) in [5.74, 6) is -6.61. The number of unbranched alkanes of at least 4 members (excludes halogenated alkanes) is 1. The highest BCUT2D eigenvalue weighted by Gasteiger charge is 2.32. The molecule has 23 nitrogen and oxygen atoms in total. The van der Waals surface area contributed by atoms with Crippen molar-refractivity contribution >= 4 is 53.3 Å². The highest BCUT2D eigenvalue weighted by Crippen LogP contribution is 2.09. The third-order valence-electron chi connectivity index (χ3n) is 7.52. The number of nitrogens with one attached hydrogen (secondary N) is 6. The summed E-state index contributed by atoms with van der Waals surface area (Å²) in [6.45, 7) is 2.25. The third kappa shape index (κ3) is 21.9. The number of nitrogens with zero attached hydrogens (tertiary/aromatic N) is 2. The fourth-order valence-corrected chi connectivity index (χ4v) is 4.78. The van der Waals surface area contributed by atoms with Crippen molar-refractivity contribution in [3.63, 3.8) is 0 Å². The summed E-state index contributed by atoms with van der Waals surface area (Å²) >= 11 is 0. The Bertz CT molecular complexity index is 1290. The molecule has 20 N–H and O–H groups in total. The second kappa shape index (κ2) is 27.3. The molecule has 0 heterocycles. The number of rotatable bonds is 28. The lowest BCUT2D eigenvalue weighted by Gasteiger charge is -2.26. The van der Waals surface area contributed by atoms with Gasteiger partial charge in [-0.1, -0.05) is 13.8 Å². The van der Waals surface area contributed by atoms with Crippen molar-refractivity contribution in [1.29, 1.82) is 0 Å². The van der Waals surface area contributed by atoms with Crippen LogP contribution in [0.15, 0.2) is 9.98 Å². The maximum absolute atomic E-state index is 13.7. The van der Waals surface area contributed by atoms with Gasteiger partial charge in [-0.25, -0.2) is 4.79 Å². The van der Waals surface area contributed by atoms with E-state index < -0.39 is 84.8 Å². The summed E-state index contributed by atoms with van der Waals surface area (Å²) < 4.78 is 0. The van der Waals surface area contributed by atoms with Gasteiger partial charge in [-0.05, 0) is 63.8 Å². The number of aliphatic hydroxyl groups is 1. The number of carboxylic acids is 1. The fraction of sp³-hybridized carbons (Fsp3) is 0.710. The first-order chi connectivity index (χ1) is 25.4. The Labute approximate surface area is 314 Å². The van der Waals surface area contributed by atoms with Crippen LogP contribution in [0.2, 0.25) is 0 Å². The molecule has 0 unspecified atom stereocenters. The number of aliphatic hydroxyl groups excluding tert-OH is 1. The average molecular weight is 773 g/mol. The smallest absolute Gasteiger partial charge is 0.326 e. The van der Waals surface area contributed by atoms with Gasteiger partial charge in [0.2, 0.25) is 35.4 Å². The molecule has 0 fully saturated rings. The van der Waals surface area contributed by atoms with Crippen LogP contribution in [0.4, 0.5) is 0 Å². The molecule has 0 aromatic rings. The van der Waals surface area contributed by atoms with Crippen molar-refractivity contribution in [2.24, 2.45) is 50.3 Å². The van der Waals surface area contributed by atoms with E-state index in [1.165, 1.54) is 0 Å². The summed E-state index contributed by atoms with van der Waals surface area (Å²) in [5, 5.41) is 34.3. The van der Waals surface area contributed by atoms with Gasteiger partial charge in [-0.3, -0.25) is 38.8 Å². The molecular weight excluding hydrogens is 712 g/mol. The number of carbonyl (C=O) groups is 7. The van der Waals surface area contributed by atoms with Gasteiger partial charge >= 0.3 is 5.97 Å². The van der Waals surface area contributed by atoms with Crippen molar-refractivity contribution in [3.8, 4) is 0 Å². The summed E-state index contributed by atoms with van der Waals surface area (Å²) in [7, 11) is 0. The van der Waals surface area contributed by atoms with Crippen LogP contribution in [0.5, 0.6) is 0 Å². The standard InChI is InChI=1S/C31H60N14O9/c1-17(2)13-21(29(53)54)44-27(51)20(9-6-12-39-31(36)37)42-26(50)19(8-5-11-38-30(34)35)43-28(52)22(16-46)45-25(49)18(7-3-4-10-32)41-24(48)15-40-23(47)14-33/h17-22,46H,3-16,32-33H2,1-2H3,(H,40,47)(H,41,48)(H,42,50)(H,43,52)(H,44,51)(H,45,49)(H,53,54)(H4,34,35,38)(H4,36,37,39)/t18-,19-,20-,21-,22-/m0/s1. The van der Waals surface area contributed by atoms with E-state index in [-0.39, 0.29) is 76.0 Å². The Kier molecular flexibility index (Phi) is 24.7. The Morgan fingerprint density at radius 3 is 1.43 bits per heavy atom. The minimum Gasteiger partial charge on any atom is -0.480 e. The van der Waals surface area contributed by atoms with Crippen LogP contribution < -0.4 is 66.3 Å². The van der Waals surface area contributed by atoms with E-state index in [4.69, 9.17) is 34.4 Å². The van der Waals surface area contributed by atoms with Crippen LogP contribution in [0.3, 0.4) is 0 Å². The second-order valence-corrected chi connectivity index (χ2v) is 12.7. The molecule has 0 radical (unpaired) electrons. The number of guanidine groups is 2. The van der Waals surface area contributed by atoms with Crippen molar-refractivity contribution in [1.82, 2.24) is 31.9 Å². The van der Waals surface area contributed by atoms with Crippen molar-refractivity contribution in [3.05, 3.63) is 0 Å². The predicted molar refractivity (Wildman–Crippen MR) is 199 cm³/mol. The van der Waals surface area contributed by atoms with E-state index >= 15 is 0 Å². The third-order valence-corrected chi connectivity index (χ3v) is 7.52. The minimum atomic E-state index is -1.61. The molecule has 6 amide bonds. The number of hydrogen-bond donors (Lipinski definition) is 14. The van der Waals surface area contributed by atoms with Gasteiger partial charge in [0.15, 0.2) is 11.9 Å².